The molecule has 3 heterocycles. The summed E-state index contributed by atoms with van der Waals surface area (Å²) in [5.41, 5.74) is 1.66. The first-order valence-electron chi connectivity index (χ1n) is 16.0. The molecule has 0 spiro atoms. The van der Waals surface area contributed by atoms with Gasteiger partial charge in [0.25, 0.3) is 5.91 Å². The molecule has 1 aliphatic carbocycles. The maximum absolute atomic E-state index is 15.5. The Balaban J connectivity index is 1.13. The van der Waals surface area contributed by atoms with E-state index in [1.54, 1.807) is 6.20 Å². The van der Waals surface area contributed by atoms with Gasteiger partial charge in [0, 0.05) is 61.3 Å². The molecular formula is C34H40ClFN4O5S. The normalized spacial score (nSPS) is 23.9. The van der Waals surface area contributed by atoms with Crippen LogP contribution < -0.4 is 5.32 Å². The zero-order valence-corrected chi connectivity index (χ0v) is 27.5. The van der Waals surface area contributed by atoms with E-state index in [2.05, 4.69) is 10.2 Å². The van der Waals surface area contributed by atoms with Crippen LogP contribution in [0.4, 0.5) is 10.1 Å². The summed E-state index contributed by atoms with van der Waals surface area (Å²) in [5, 5.41) is 13.0. The van der Waals surface area contributed by atoms with E-state index >= 15 is 4.39 Å². The number of rotatable bonds is 9. The quantitative estimate of drug-likeness (QED) is 0.312. The van der Waals surface area contributed by atoms with Gasteiger partial charge < -0.3 is 24.6 Å². The Morgan fingerprint density at radius 1 is 1.11 bits per heavy atom. The van der Waals surface area contributed by atoms with Crippen LogP contribution in [-0.2, 0) is 27.8 Å². The summed E-state index contributed by atoms with van der Waals surface area (Å²) in [4.78, 5) is 42.5. The van der Waals surface area contributed by atoms with Crippen LogP contribution in [-0.4, -0.2) is 93.2 Å². The Morgan fingerprint density at radius 3 is 2.59 bits per heavy atom. The number of hydrogen-bond donors (Lipinski definition) is 2. The first-order valence-corrected chi connectivity index (χ1v) is 17.5. The molecule has 2 atom stereocenters. The van der Waals surface area contributed by atoms with Gasteiger partial charge in [-0.15, -0.1) is 0 Å². The minimum absolute atomic E-state index is 0.0223. The summed E-state index contributed by atoms with van der Waals surface area (Å²) in [6, 6.07) is 10.2. The molecule has 0 radical (unpaired) electrons. The van der Waals surface area contributed by atoms with E-state index in [4.69, 9.17) is 16.3 Å². The molecule has 2 amide bonds. The number of hydrogen-bond acceptors (Lipinski definition) is 6. The number of anilines is 1. The monoisotopic (exact) mass is 670 g/mol. The van der Waals surface area contributed by atoms with Gasteiger partial charge in [-0.3, -0.25) is 19.3 Å². The zero-order chi connectivity index (χ0) is 32.4. The van der Waals surface area contributed by atoms with Crippen LogP contribution in [0.3, 0.4) is 0 Å². The number of nitrogens with zero attached hydrogens (tertiary/aromatic N) is 3. The molecule has 12 heteroatoms. The van der Waals surface area contributed by atoms with E-state index in [1.807, 2.05) is 52.5 Å². The Bertz CT molecular complexity index is 1600. The number of carbonyl (C=O) groups is 3. The number of aliphatic carboxylic acids is 1. The van der Waals surface area contributed by atoms with Gasteiger partial charge in [-0.2, -0.15) is 11.8 Å². The van der Waals surface area contributed by atoms with Crippen LogP contribution >= 0.6 is 23.4 Å². The number of aryl methyl sites for hydroxylation is 1. The van der Waals surface area contributed by atoms with Crippen molar-refractivity contribution in [3.8, 4) is 0 Å². The summed E-state index contributed by atoms with van der Waals surface area (Å²) >= 11 is 8.48. The average Bonchev–Trinajstić information content (AvgIpc) is 3.64. The van der Waals surface area contributed by atoms with Gasteiger partial charge in [0.2, 0.25) is 5.91 Å². The first-order chi connectivity index (χ1) is 22.2. The molecule has 2 saturated heterocycles. The van der Waals surface area contributed by atoms with Crippen LogP contribution in [0.5, 0.6) is 0 Å². The van der Waals surface area contributed by atoms with E-state index in [0.29, 0.717) is 44.4 Å². The number of thioether (sulfide) groups is 1. The minimum Gasteiger partial charge on any atom is -0.481 e. The van der Waals surface area contributed by atoms with Gasteiger partial charge in [0.05, 0.1) is 47.4 Å². The van der Waals surface area contributed by atoms with Crippen LogP contribution in [0.1, 0.15) is 48.0 Å². The molecule has 3 aromatic rings. The molecule has 3 fully saturated rings. The van der Waals surface area contributed by atoms with Crippen molar-refractivity contribution >= 4 is 57.7 Å². The van der Waals surface area contributed by atoms with Gasteiger partial charge in [0.1, 0.15) is 5.82 Å². The van der Waals surface area contributed by atoms with Crippen molar-refractivity contribution in [1.82, 2.24) is 14.4 Å². The molecule has 246 valence electrons. The summed E-state index contributed by atoms with van der Waals surface area (Å²) in [6.07, 6.45) is 4.90. The first kappa shape index (κ1) is 32.8. The number of likely N-dealkylation sites (tertiary alicyclic amines) is 1. The second kappa shape index (κ2) is 14.3. The molecule has 2 aromatic carbocycles. The Hall–Kier alpha value is -3.12. The standard InChI is InChI=1S/C34H40ClFN4O5S/c1-38-19-27(26-4-2-3-5-31(26)38)33(42)37-30-17-29(36)22(14-28(30)35)15-32(41)40-18-23(39-10-12-46-13-11-39)16-24(40)20-45-25-8-6-21(7-9-25)34(43)44/h2-5,14,17,19,21,23-25H,6-13,15-16,18,20H2,1H3,(H,37,42)(H,43,44)/t21-,23-,24-,25-/m0/s1. The topological polar surface area (TPSA) is 104 Å². The number of nitrogens with one attached hydrogen (secondary N) is 1. The van der Waals surface area contributed by atoms with Crippen molar-refractivity contribution in [2.75, 3.05) is 43.1 Å². The number of halogens is 2. The maximum atomic E-state index is 15.5. The smallest absolute Gasteiger partial charge is 0.306 e. The van der Waals surface area contributed by atoms with Gasteiger partial charge in [-0.1, -0.05) is 29.8 Å². The highest BCUT2D eigenvalue weighted by molar-refractivity contribution is 7.99. The second-order valence-corrected chi connectivity index (χ2v) is 14.2. The number of carbonyl (C=O) groups excluding carboxylic acids is 2. The Kier molecular flexibility index (Phi) is 10.2. The molecule has 1 saturated carbocycles. The lowest BCUT2D eigenvalue weighted by molar-refractivity contribution is -0.144. The van der Waals surface area contributed by atoms with Crippen molar-refractivity contribution in [2.24, 2.45) is 13.0 Å². The van der Waals surface area contributed by atoms with E-state index in [-0.39, 0.29) is 52.7 Å². The summed E-state index contributed by atoms with van der Waals surface area (Å²) in [5.74, 6) is -0.152. The summed E-state index contributed by atoms with van der Waals surface area (Å²) < 4.78 is 23.6. The predicted octanol–water partition coefficient (Wildman–Crippen LogP) is 5.44. The maximum Gasteiger partial charge on any atom is 0.306 e. The summed E-state index contributed by atoms with van der Waals surface area (Å²) in [7, 11) is 1.86. The van der Waals surface area contributed by atoms with Crippen LogP contribution in [0, 0.1) is 11.7 Å². The van der Waals surface area contributed by atoms with Crippen LogP contribution in [0.25, 0.3) is 10.9 Å². The van der Waals surface area contributed by atoms with Crippen molar-refractivity contribution < 1.29 is 28.6 Å². The third-order valence-electron chi connectivity index (χ3n) is 9.69. The van der Waals surface area contributed by atoms with Crippen molar-refractivity contribution in [3.05, 3.63) is 64.6 Å². The highest BCUT2D eigenvalue weighted by Crippen LogP contribution is 2.32. The molecular weight excluding hydrogens is 631 g/mol. The number of ether oxygens (including phenoxy) is 1. The van der Waals surface area contributed by atoms with Gasteiger partial charge >= 0.3 is 5.97 Å². The summed E-state index contributed by atoms with van der Waals surface area (Å²) in [6.45, 7) is 2.87. The van der Waals surface area contributed by atoms with E-state index in [9.17, 15) is 19.5 Å². The SMILES string of the molecule is Cn1cc(C(=O)Nc2cc(F)c(CC(=O)N3C[C@@H](N4CCSCC4)C[C@H]3CO[C@H]3CC[C@H](C(=O)O)CC3)cc2Cl)c2ccccc21. The minimum atomic E-state index is -0.749. The number of para-hydroxylation sites is 1. The third kappa shape index (κ3) is 7.22. The number of aromatic nitrogens is 1. The molecule has 2 N–H and O–H groups in total. The van der Waals surface area contributed by atoms with Crippen molar-refractivity contribution in [2.45, 2.75) is 56.7 Å². The van der Waals surface area contributed by atoms with Crippen LogP contribution in [0.2, 0.25) is 5.02 Å². The molecule has 0 unspecified atom stereocenters. The predicted molar refractivity (Wildman–Crippen MR) is 178 cm³/mol. The third-order valence-corrected chi connectivity index (χ3v) is 10.9. The molecule has 0 bridgehead atoms. The van der Waals surface area contributed by atoms with Gasteiger partial charge in [-0.25, -0.2) is 4.39 Å². The highest BCUT2D eigenvalue weighted by Gasteiger charge is 2.39. The highest BCUT2D eigenvalue weighted by atomic mass is 35.5. The Labute approximate surface area is 277 Å². The van der Waals surface area contributed by atoms with E-state index < -0.39 is 17.7 Å². The molecule has 1 aromatic heterocycles. The largest absolute Gasteiger partial charge is 0.481 e. The fourth-order valence-electron chi connectivity index (χ4n) is 7.08. The van der Waals surface area contributed by atoms with Crippen molar-refractivity contribution in [3.63, 3.8) is 0 Å². The molecule has 3 aliphatic rings. The van der Waals surface area contributed by atoms with Crippen LogP contribution in [0.15, 0.2) is 42.6 Å². The fourth-order valence-corrected chi connectivity index (χ4v) is 8.25. The lowest BCUT2D eigenvalue weighted by Crippen LogP contribution is -2.44. The number of amides is 2. The van der Waals surface area contributed by atoms with Crippen molar-refractivity contribution in [1.29, 1.82) is 0 Å². The average molecular weight is 671 g/mol. The number of carboxylic acids is 1. The van der Waals surface area contributed by atoms with Gasteiger partial charge in [-0.05, 0) is 55.9 Å². The number of carboxylic acid groups (broad SMARTS) is 1. The molecule has 2 aliphatic heterocycles. The second-order valence-electron chi connectivity index (χ2n) is 12.6. The Morgan fingerprint density at radius 2 is 1.85 bits per heavy atom. The lowest BCUT2D eigenvalue weighted by atomic mass is 9.87. The molecule has 46 heavy (non-hydrogen) atoms. The van der Waals surface area contributed by atoms with E-state index in [1.165, 1.54) is 12.1 Å². The number of fused-ring (bicyclic) bond motifs is 1. The number of benzene rings is 2. The van der Waals surface area contributed by atoms with E-state index in [0.717, 1.165) is 41.9 Å². The van der Waals surface area contributed by atoms with Gasteiger partial charge in [0.15, 0.2) is 0 Å². The fraction of sp³-hybridized carbons (Fsp3) is 0.500. The zero-order valence-electron chi connectivity index (χ0n) is 25.9. The molecule has 9 nitrogen and oxygen atoms in total. The lowest BCUT2D eigenvalue weighted by Gasteiger charge is -2.31. The molecule has 6 rings (SSSR count).